The first-order chi connectivity index (χ1) is 7.13. The fraction of sp³-hybridized carbons (Fsp3) is 0.200. The van der Waals surface area contributed by atoms with Crippen LogP contribution in [0.1, 0.15) is 16.2 Å². The smallest absolute Gasteiger partial charge is 0.360 e. The number of nitrogens with zero attached hydrogens (tertiary/aromatic N) is 1. The average molecular weight is 208 g/mol. The number of nitrogen functional groups attached to an aromatic ring is 1. The molecule has 0 aliphatic heterocycles. The maximum absolute atomic E-state index is 11.4. The summed E-state index contributed by atoms with van der Waals surface area (Å²) in [6.45, 7) is 3.54. The third-order valence-corrected chi connectivity index (χ3v) is 1.81. The van der Waals surface area contributed by atoms with Crippen LogP contribution < -0.4 is 10.5 Å². The highest BCUT2D eigenvalue weighted by molar-refractivity contribution is 5.92. The molecule has 0 aliphatic rings. The summed E-state index contributed by atoms with van der Waals surface area (Å²) < 4.78 is 9.54. The van der Waals surface area contributed by atoms with Crippen molar-refractivity contribution in [3.05, 3.63) is 24.0 Å². The third kappa shape index (κ3) is 2.07. The Kier molecular flexibility index (Phi) is 3.28. The molecule has 80 valence electrons. The Morgan fingerprint density at radius 2 is 2.27 bits per heavy atom. The zero-order chi connectivity index (χ0) is 11.4. The molecule has 5 nitrogen and oxygen atoms in total. The minimum Gasteiger partial charge on any atom is -0.492 e. The SMILES string of the molecule is C=Cc1cc(N)c(OC)c(C(=O)OC)n1. The molecule has 0 saturated heterocycles. The van der Waals surface area contributed by atoms with Gasteiger partial charge in [0.1, 0.15) is 0 Å². The number of nitrogens with two attached hydrogens (primary N) is 1. The summed E-state index contributed by atoms with van der Waals surface area (Å²) in [7, 11) is 2.67. The van der Waals surface area contributed by atoms with E-state index < -0.39 is 5.97 Å². The van der Waals surface area contributed by atoms with Gasteiger partial charge in [-0.1, -0.05) is 6.58 Å². The van der Waals surface area contributed by atoms with Crippen molar-refractivity contribution in [1.29, 1.82) is 0 Å². The molecule has 0 unspecified atom stereocenters. The Morgan fingerprint density at radius 1 is 1.60 bits per heavy atom. The van der Waals surface area contributed by atoms with E-state index in [2.05, 4.69) is 16.3 Å². The predicted octanol–water partition coefficient (Wildman–Crippen LogP) is 1.10. The minimum absolute atomic E-state index is 0.0508. The van der Waals surface area contributed by atoms with Gasteiger partial charge in [-0.05, 0) is 12.1 Å². The Bertz CT molecular complexity index is 402. The molecule has 1 aromatic heterocycles. The maximum Gasteiger partial charge on any atom is 0.360 e. The van der Waals surface area contributed by atoms with Gasteiger partial charge in [0.05, 0.1) is 25.6 Å². The lowest BCUT2D eigenvalue weighted by atomic mass is 10.2. The average Bonchev–Trinajstić information content (AvgIpc) is 2.26. The van der Waals surface area contributed by atoms with E-state index in [0.29, 0.717) is 11.4 Å². The van der Waals surface area contributed by atoms with Gasteiger partial charge >= 0.3 is 5.97 Å². The van der Waals surface area contributed by atoms with Crippen LogP contribution in [-0.2, 0) is 4.74 Å². The first-order valence-corrected chi connectivity index (χ1v) is 4.19. The molecule has 0 fully saturated rings. The highest BCUT2D eigenvalue weighted by atomic mass is 16.5. The van der Waals surface area contributed by atoms with E-state index in [-0.39, 0.29) is 11.4 Å². The molecule has 0 atom stereocenters. The van der Waals surface area contributed by atoms with Crippen LogP contribution in [0.15, 0.2) is 12.6 Å². The van der Waals surface area contributed by atoms with E-state index in [1.807, 2.05) is 0 Å². The first-order valence-electron chi connectivity index (χ1n) is 4.19. The molecule has 0 spiro atoms. The maximum atomic E-state index is 11.4. The van der Waals surface area contributed by atoms with Crippen molar-refractivity contribution in [3.63, 3.8) is 0 Å². The van der Waals surface area contributed by atoms with Crippen LogP contribution in [0.2, 0.25) is 0 Å². The molecule has 0 saturated carbocycles. The number of methoxy groups -OCH3 is 2. The summed E-state index contributed by atoms with van der Waals surface area (Å²) in [5.41, 5.74) is 6.55. The minimum atomic E-state index is -0.595. The van der Waals surface area contributed by atoms with E-state index in [0.717, 1.165) is 0 Å². The first kappa shape index (κ1) is 11.0. The highest BCUT2D eigenvalue weighted by Gasteiger charge is 2.18. The van der Waals surface area contributed by atoms with E-state index in [1.54, 1.807) is 6.07 Å². The van der Waals surface area contributed by atoms with Crippen molar-refractivity contribution in [3.8, 4) is 5.75 Å². The summed E-state index contributed by atoms with van der Waals surface area (Å²) in [5.74, 6) is -0.380. The second kappa shape index (κ2) is 4.45. The van der Waals surface area contributed by atoms with Crippen LogP contribution in [0.4, 0.5) is 5.69 Å². The second-order valence-corrected chi connectivity index (χ2v) is 2.71. The zero-order valence-corrected chi connectivity index (χ0v) is 8.61. The molecule has 0 radical (unpaired) electrons. The summed E-state index contributed by atoms with van der Waals surface area (Å²) in [4.78, 5) is 15.4. The Balaban J connectivity index is 3.38. The third-order valence-electron chi connectivity index (χ3n) is 1.81. The molecule has 1 rings (SSSR count). The quantitative estimate of drug-likeness (QED) is 0.753. The number of ether oxygens (including phenoxy) is 2. The van der Waals surface area contributed by atoms with Crippen LogP contribution in [0.3, 0.4) is 0 Å². The van der Waals surface area contributed by atoms with Gasteiger partial charge in [0, 0.05) is 0 Å². The van der Waals surface area contributed by atoms with Gasteiger partial charge in [0.2, 0.25) is 0 Å². The number of aromatic nitrogens is 1. The summed E-state index contributed by atoms with van der Waals surface area (Å²) >= 11 is 0. The van der Waals surface area contributed by atoms with Crippen molar-refractivity contribution in [2.45, 2.75) is 0 Å². The highest BCUT2D eigenvalue weighted by Crippen LogP contribution is 2.26. The molecule has 0 aliphatic carbocycles. The zero-order valence-electron chi connectivity index (χ0n) is 8.61. The molecular formula is C10H12N2O3. The van der Waals surface area contributed by atoms with Crippen LogP contribution in [-0.4, -0.2) is 25.2 Å². The summed E-state index contributed by atoms with van der Waals surface area (Å²) in [6, 6.07) is 1.57. The number of hydrogen-bond acceptors (Lipinski definition) is 5. The topological polar surface area (TPSA) is 74.4 Å². The molecule has 1 heterocycles. The lowest BCUT2D eigenvalue weighted by Crippen LogP contribution is -2.09. The van der Waals surface area contributed by atoms with Gasteiger partial charge < -0.3 is 15.2 Å². The Labute approximate surface area is 87.5 Å². The van der Waals surface area contributed by atoms with Crippen molar-refractivity contribution in [2.24, 2.45) is 0 Å². The number of hydrogen-bond donors (Lipinski definition) is 1. The number of anilines is 1. The van der Waals surface area contributed by atoms with Gasteiger partial charge in [-0.25, -0.2) is 9.78 Å². The van der Waals surface area contributed by atoms with E-state index in [9.17, 15) is 4.79 Å². The number of pyridine rings is 1. The van der Waals surface area contributed by atoms with E-state index in [4.69, 9.17) is 10.5 Å². The predicted molar refractivity (Wildman–Crippen MR) is 56.6 cm³/mol. The van der Waals surface area contributed by atoms with Crippen molar-refractivity contribution >= 4 is 17.7 Å². The van der Waals surface area contributed by atoms with Gasteiger partial charge in [0.25, 0.3) is 0 Å². The molecule has 15 heavy (non-hydrogen) atoms. The normalized spacial score (nSPS) is 9.47. The lowest BCUT2D eigenvalue weighted by Gasteiger charge is -2.09. The van der Waals surface area contributed by atoms with Crippen LogP contribution in [0.25, 0.3) is 6.08 Å². The second-order valence-electron chi connectivity index (χ2n) is 2.71. The van der Waals surface area contributed by atoms with Crippen LogP contribution in [0, 0.1) is 0 Å². The Hall–Kier alpha value is -2.04. The van der Waals surface area contributed by atoms with Crippen molar-refractivity contribution < 1.29 is 14.3 Å². The molecule has 2 N–H and O–H groups in total. The van der Waals surface area contributed by atoms with Crippen LogP contribution in [0.5, 0.6) is 5.75 Å². The molecule has 0 amide bonds. The van der Waals surface area contributed by atoms with Crippen molar-refractivity contribution in [1.82, 2.24) is 4.98 Å². The lowest BCUT2D eigenvalue weighted by molar-refractivity contribution is 0.0590. The fourth-order valence-electron chi connectivity index (χ4n) is 1.13. The van der Waals surface area contributed by atoms with Crippen LogP contribution >= 0.6 is 0 Å². The molecule has 0 aromatic carbocycles. The molecular weight excluding hydrogens is 196 g/mol. The standard InChI is InChI=1S/C10H12N2O3/c1-4-6-5-7(11)9(14-2)8(12-6)10(13)15-3/h4-5H,1H2,2-3H3,(H2,11,12). The number of rotatable bonds is 3. The van der Waals surface area contributed by atoms with Gasteiger partial charge in [-0.15, -0.1) is 0 Å². The molecule has 5 heteroatoms. The fourth-order valence-corrected chi connectivity index (χ4v) is 1.13. The van der Waals surface area contributed by atoms with Crippen molar-refractivity contribution in [2.75, 3.05) is 20.0 Å². The summed E-state index contributed by atoms with van der Waals surface area (Å²) in [5, 5.41) is 0. The molecule has 1 aromatic rings. The van der Waals surface area contributed by atoms with Gasteiger partial charge in [0.15, 0.2) is 11.4 Å². The monoisotopic (exact) mass is 208 g/mol. The molecule has 0 bridgehead atoms. The number of esters is 1. The summed E-state index contributed by atoms with van der Waals surface area (Å²) in [6.07, 6.45) is 1.49. The largest absolute Gasteiger partial charge is 0.492 e. The number of carbonyl (C=O) groups is 1. The Morgan fingerprint density at radius 3 is 2.73 bits per heavy atom. The van der Waals surface area contributed by atoms with Gasteiger partial charge in [-0.2, -0.15) is 0 Å². The van der Waals surface area contributed by atoms with E-state index >= 15 is 0 Å². The van der Waals surface area contributed by atoms with Gasteiger partial charge in [-0.3, -0.25) is 0 Å². The van der Waals surface area contributed by atoms with E-state index in [1.165, 1.54) is 20.3 Å². The number of carbonyl (C=O) groups excluding carboxylic acids is 1.